The number of halogens is 1. The quantitative estimate of drug-likeness (QED) is 0.732. The normalized spacial score (nSPS) is 35.3. The van der Waals surface area contributed by atoms with Gasteiger partial charge in [-0.1, -0.05) is 27.7 Å². The number of nitrogens with zero attached hydrogens (tertiary/aromatic N) is 2. The molecule has 2 heterocycles. The molecular formula is C11H19BrN2OS. The van der Waals surface area contributed by atoms with E-state index >= 15 is 0 Å². The molecule has 0 saturated carbocycles. The van der Waals surface area contributed by atoms with Crippen molar-refractivity contribution in [3.05, 3.63) is 0 Å². The first-order chi connectivity index (χ1) is 7.67. The average molecular weight is 307 g/mol. The van der Waals surface area contributed by atoms with Crippen molar-refractivity contribution in [2.24, 2.45) is 4.99 Å². The van der Waals surface area contributed by atoms with Crippen LogP contribution in [0.1, 0.15) is 19.8 Å². The minimum Gasteiger partial charge on any atom is -0.377 e. The largest absolute Gasteiger partial charge is 0.377 e. The lowest BCUT2D eigenvalue weighted by atomic mass is 9.95. The van der Waals surface area contributed by atoms with Crippen molar-refractivity contribution in [1.29, 1.82) is 0 Å². The van der Waals surface area contributed by atoms with E-state index in [0.717, 1.165) is 31.4 Å². The molecule has 92 valence electrons. The van der Waals surface area contributed by atoms with E-state index in [-0.39, 0.29) is 5.60 Å². The van der Waals surface area contributed by atoms with Gasteiger partial charge in [0.2, 0.25) is 0 Å². The molecule has 0 aliphatic carbocycles. The lowest BCUT2D eigenvalue weighted by Crippen LogP contribution is -2.48. The van der Waals surface area contributed by atoms with E-state index < -0.39 is 0 Å². The summed E-state index contributed by atoms with van der Waals surface area (Å²) in [6.45, 7) is 5.25. The maximum absolute atomic E-state index is 5.61. The van der Waals surface area contributed by atoms with Gasteiger partial charge in [-0.05, 0) is 19.8 Å². The molecule has 2 unspecified atom stereocenters. The molecule has 5 heteroatoms. The maximum Gasteiger partial charge on any atom is 0.159 e. The van der Waals surface area contributed by atoms with E-state index in [4.69, 9.17) is 4.74 Å². The van der Waals surface area contributed by atoms with Gasteiger partial charge in [-0.2, -0.15) is 0 Å². The first-order valence-corrected chi connectivity index (χ1v) is 7.74. The molecule has 0 aromatic carbocycles. The molecule has 16 heavy (non-hydrogen) atoms. The van der Waals surface area contributed by atoms with Gasteiger partial charge >= 0.3 is 0 Å². The summed E-state index contributed by atoms with van der Waals surface area (Å²) < 4.78 is 5.61. The van der Waals surface area contributed by atoms with Crippen molar-refractivity contribution in [2.75, 3.05) is 32.1 Å². The zero-order chi connectivity index (χ0) is 11.6. The lowest BCUT2D eigenvalue weighted by molar-refractivity contribution is -0.0342. The Hall–Kier alpha value is 0.260. The molecule has 2 rings (SSSR count). The number of piperidine rings is 1. The van der Waals surface area contributed by atoms with Crippen molar-refractivity contribution in [3.8, 4) is 0 Å². The van der Waals surface area contributed by atoms with Crippen molar-refractivity contribution >= 4 is 32.9 Å². The molecule has 1 saturated heterocycles. The molecule has 1 fully saturated rings. The molecule has 0 bridgehead atoms. The number of thioether (sulfide) groups is 1. The van der Waals surface area contributed by atoms with Gasteiger partial charge in [0.15, 0.2) is 5.17 Å². The second kappa shape index (κ2) is 5.27. The molecule has 3 nitrogen and oxygen atoms in total. The minimum atomic E-state index is 0.00776. The Kier molecular flexibility index (Phi) is 4.19. The summed E-state index contributed by atoms with van der Waals surface area (Å²) in [6.07, 6.45) is 2.35. The number of aliphatic imine (C=N–C) groups is 1. The van der Waals surface area contributed by atoms with Crippen LogP contribution >= 0.6 is 27.7 Å². The molecule has 0 spiro atoms. The van der Waals surface area contributed by atoms with Crippen LogP contribution in [0.5, 0.6) is 0 Å². The molecular weight excluding hydrogens is 288 g/mol. The van der Waals surface area contributed by atoms with Crippen LogP contribution in [0, 0.1) is 0 Å². The van der Waals surface area contributed by atoms with Gasteiger partial charge < -0.3 is 9.64 Å². The highest BCUT2D eigenvalue weighted by Gasteiger charge is 2.34. The summed E-state index contributed by atoms with van der Waals surface area (Å²) >= 11 is 5.43. The van der Waals surface area contributed by atoms with Gasteiger partial charge in [0.05, 0.1) is 12.1 Å². The van der Waals surface area contributed by atoms with E-state index in [1.165, 1.54) is 11.6 Å². The third-order valence-electron chi connectivity index (χ3n) is 3.30. The fourth-order valence-corrected chi connectivity index (χ4v) is 3.76. The van der Waals surface area contributed by atoms with Gasteiger partial charge in [0, 0.05) is 30.8 Å². The number of hydrogen-bond acceptors (Lipinski definition) is 4. The molecule has 0 amide bonds. The Morgan fingerprint density at radius 3 is 3.12 bits per heavy atom. The van der Waals surface area contributed by atoms with Crippen LogP contribution in [-0.4, -0.2) is 53.0 Å². The average Bonchev–Trinajstić information content (AvgIpc) is 2.78. The number of hydrogen-bond donors (Lipinski definition) is 0. The standard InChI is InChI=1S/C11H19BrN2OS/c1-11(15-2)4-3-5-14(8-11)10-13-7-9(6-12)16-10/h9H,3-8H2,1-2H3. The fraction of sp³-hybridized carbons (Fsp3) is 0.909. The third kappa shape index (κ3) is 2.74. The van der Waals surface area contributed by atoms with E-state index in [0.29, 0.717) is 5.25 Å². The SMILES string of the molecule is COC1(C)CCCN(C2=NCC(CBr)S2)C1. The summed E-state index contributed by atoms with van der Waals surface area (Å²) in [7, 11) is 1.81. The predicted molar refractivity (Wildman–Crippen MR) is 73.7 cm³/mol. The van der Waals surface area contributed by atoms with Gasteiger partial charge in [0.25, 0.3) is 0 Å². The second-order valence-electron chi connectivity index (χ2n) is 4.70. The van der Waals surface area contributed by atoms with Crippen LogP contribution in [-0.2, 0) is 4.74 Å². The summed E-state index contributed by atoms with van der Waals surface area (Å²) in [4.78, 5) is 7.02. The zero-order valence-corrected chi connectivity index (χ0v) is 12.3. The van der Waals surface area contributed by atoms with Crippen molar-refractivity contribution < 1.29 is 4.74 Å². The Morgan fingerprint density at radius 1 is 1.69 bits per heavy atom. The highest BCUT2D eigenvalue weighted by molar-refractivity contribution is 9.09. The van der Waals surface area contributed by atoms with E-state index in [1.54, 1.807) is 0 Å². The zero-order valence-electron chi connectivity index (χ0n) is 9.91. The number of amidine groups is 1. The monoisotopic (exact) mass is 306 g/mol. The highest BCUT2D eigenvalue weighted by Crippen LogP contribution is 2.30. The first-order valence-electron chi connectivity index (χ1n) is 5.74. The Balaban J connectivity index is 1.95. The fourth-order valence-electron chi connectivity index (χ4n) is 2.19. The van der Waals surface area contributed by atoms with Gasteiger partial charge in [0.1, 0.15) is 0 Å². The van der Waals surface area contributed by atoms with E-state index in [9.17, 15) is 0 Å². The van der Waals surface area contributed by atoms with Crippen LogP contribution in [0.2, 0.25) is 0 Å². The molecule has 2 atom stereocenters. The number of rotatable bonds is 2. The Morgan fingerprint density at radius 2 is 2.50 bits per heavy atom. The summed E-state index contributed by atoms with van der Waals surface area (Å²) in [5.41, 5.74) is 0.00776. The summed E-state index contributed by atoms with van der Waals surface area (Å²) in [5.74, 6) is 0. The molecule has 0 aromatic heterocycles. The Bertz CT molecular complexity index is 287. The van der Waals surface area contributed by atoms with E-state index in [2.05, 4.69) is 32.7 Å². The molecule has 0 N–H and O–H groups in total. The lowest BCUT2D eigenvalue weighted by Gasteiger charge is -2.40. The van der Waals surface area contributed by atoms with Gasteiger partial charge in [-0.3, -0.25) is 4.99 Å². The summed E-state index contributed by atoms with van der Waals surface area (Å²) in [6, 6.07) is 0. The van der Waals surface area contributed by atoms with Crippen LogP contribution in [0.4, 0.5) is 0 Å². The molecule has 2 aliphatic heterocycles. The van der Waals surface area contributed by atoms with Crippen molar-refractivity contribution in [1.82, 2.24) is 4.90 Å². The first kappa shape index (κ1) is 12.7. The third-order valence-corrected chi connectivity index (χ3v) is 5.75. The Labute approximate surface area is 110 Å². The maximum atomic E-state index is 5.61. The molecule has 0 radical (unpaired) electrons. The smallest absolute Gasteiger partial charge is 0.159 e. The second-order valence-corrected chi connectivity index (χ2v) is 6.61. The van der Waals surface area contributed by atoms with Crippen LogP contribution < -0.4 is 0 Å². The highest BCUT2D eigenvalue weighted by atomic mass is 79.9. The topological polar surface area (TPSA) is 24.8 Å². The predicted octanol–water partition coefficient (Wildman–Crippen LogP) is 2.35. The van der Waals surface area contributed by atoms with Crippen LogP contribution in [0.25, 0.3) is 0 Å². The van der Waals surface area contributed by atoms with Crippen LogP contribution in [0.3, 0.4) is 0 Å². The van der Waals surface area contributed by atoms with Crippen molar-refractivity contribution in [3.63, 3.8) is 0 Å². The van der Waals surface area contributed by atoms with Gasteiger partial charge in [-0.15, -0.1) is 0 Å². The number of ether oxygens (including phenoxy) is 1. The van der Waals surface area contributed by atoms with Crippen molar-refractivity contribution in [2.45, 2.75) is 30.6 Å². The minimum absolute atomic E-state index is 0.00776. The van der Waals surface area contributed by atoms with Gasteiger partial charge in [-0.25, -0.2) is 0 Å². The number of alkyl halides is 1. The van der Waals surface area contributed by atoms with Crippen LogP contribution in [0.15, 0.2) is 4.99 Å². The van der Waals surface area contributed by atoms with E-state index in [1.807, 2.05) is 18.9 Å². The molecule has 2 aliphatic rings. The molecule has 0 aromatic rings. The number of likely N-dealkylation sites (tertiary alicyclic amines) is 1. The summed E-state index contributed by atoms with van der Waals surface area (Å²) in [5, 5.41) is 2.86. The number of methoxy groups -OCH3 is 1.